The third-order valence-electron chi connectivity index (χ3n) is 6.27. The molecular weight excluding hydrogens is 290 g/mol. The van der Waals surface area contributed by atoms with Crippen molar-refractivity contribution in [1.29, 1.82) is 0 Å². The van der Waals surface area contributed by atoms with Gasteiger partial charge < -0.3 is 10.2 Å². The second kappa shape index (κ2) is 7.87. The van der Waals surface area contributed by atoms with E-state index in [9.17, 15) is 0 Å². The van der Waals surface area contributed by atoms with Gasteiger partial charge in [-0.05, 0) is 38.8 Å². The molecule has 128 valence electrons. The maximum atomic E-state index is 4.02. The second-order valence-corrected chi connectivity index (χ2v) is 9.12. The van der Waals surface area contributed by atoms with Gasteiger partial charge in [-0.2, -0.15) is 11.8 Å². The third kappa shape index (κ3) is 4.00. The molecule has 3 fully saturated rings. The zero-order valence-corrected chi connectivity index (χ0v) is 15.5. The van der Waals surface area contributed by atoms with Gasteiger partial charge in [0.25, 0.3) is 0 Å². The Balaban J connectivity index is 1.60. The molecule has 2 atom stereocenters. The van der Waals surface area contributed by atoms with Crippen LogP contribution in [-0.2, 0) is 0 Å². The van der Waals surface area contributed by atoms with E-state index in [0.717, 1.165) is 12.0 Å². The van der Waals surface area contributed by atoms with E-state index in [1.54, 1.807) is 0 Å². The Morgan fingerprint density at radius 1 is 1.09 bits per heavy atom. The average Bonchev–Trinajstić information content (AvgIpc) is 2.56. The largest absolute Gasteiger partial charge is 0.312 e. The van der Waals surface area contributed by atoms with Crippen molar-refractivity contribution < 1.29 is 0 Å². The summed E-state index contributed by atoms with van der Waals surface area (Å²) in [7, 11) is 2.26. The van der Waals surface area contributed by atoms with E-state index in [4.69, 9.17) is 0 Å². The fourth-order valence-electron chi connectivity index (χ4n) is 4.83. The highest BCUT2D eigenvalue weighted by Gasteiger charge is 2.39. The van der Waals surface area contributed by atoms with E-state index in [-0.39, 0.29) is 0 Å². The maximum Gasteiger partial charge on any atom is 0.0334 e. The Hall–Kier alpha value is 0.230. The van der Waals surface area contributed by atoms with Crippen molar-refractivity contribution in [3.8, 4) is 0 Å². The zero-order chi connectivity index (χ0) is 15.4. The summed E-state index contributed by atoms with van der Waals surface area (Å²) in [5.74, 6) is 3.47. The lowest BCUT2D eigenvalue weighted by molar-refractivity contribution is 0.0496. The Morgan fingerprint density at radius 3 is 2.50 bits per heavy atom. The molecule has 2 saturated heterocycles. The van der Waals surface area contributed by atoms with Crippen LogP contribution in [0.2, 0.25) is 0 Å². The molecule has 0 unspecified atom stereocenters. The van der Waals surface area contributed by atoms with Crippen molar-refractivity contribution in [3.63, 3.8) is 0 Å². The standard InChI is InChI=1S/C18H35N3S/c1-16-14-20(2)9-6-17(16)19-15-18(7-4-3-5-8-18)21-10-12-22-13-11-21/h16-17,19H,3-15H2,1-2H3/t16-,17+/m0/s1. The van der Waals surface area contributed by atoms with Crippen LogP contribution >= 0.6 is 11.8 Å². The van der Waals surface area contributed by atoms with Gasteiger partial charge in [-0.25, -0.2) is 0 Å². The number of hydrogen-bond acceptors (Lipinski definition) is 4. The van der Waals surface area contributed by atoms with Gasteiger partial charge in [0.15, 0.2) is 0 Å². The molecule has 3 aliphatic rings. The van der Waals surface area contributed by atoms with Crippen molar-refractivity contribution >= 4 is 11.8 Å². The van der Waals surface area contributed by atoms with E-state index in [0.29, 0.717) is 5.54 Å². The van der Waals surface area contributed by atoms with Crippen molar-refractivity contribution in [2.75, 3.05) is 51.3 Å². The minimum absolute atomic E-state index is 0.475. The molecule has 3 nitrogen and oxygen atoms in total. The predicted molar refractivity (Wildman–Crippen MR) is 97.8 cm³/mol. The quantitative estimate of drug-likeness (QED) is 0.856. The SMILES string of the molecule is C[C@H]1CN(C)CC[C@H]1NCC1(N2CCSCC2)CCCCC1. The molecule has 0 spiro atoms. The monoisotopic (exact) mass is 325 g/mol. The third-order valence-corrected chi connectivity index (χ3v) is 7.21. The molecule has 1 N–H and O–H groups in total. The minimum Gasteiger partial charge on any atom is -0.312 e. The molecule has 0 radical (unpaired) electrons. The number of likely N-dealkylation sites (tertiary alicyclic amines) is 1. The summed E-state index contributed by atoms with van der Waals surface area (Å²) >= 11 is 2.14. The summed E-state index contributed by atoms with van der Waals surface area (Å²) < 4.78 is 0. The fourth-order valence-corrected chi connectivity index (χ4v) is 5.73. The van der Waals surface area contributed by atoms with E-state index >= 15 is 0 Å². The van der Waals surface area contributed by atoms with Crippen molar-refractivity contribution in [3.05, 3.63) is 0 Å². The summed E-state index contributed by atoms with van der Waals surface area (Å²) in [6.07, 6.45) is 8.50. The maximum absolute atomic E-state index is 4.02. The van der Waals surface area contributed by atoms with Crippen molar-refractivity contribution in [2.45, 2.75) is 57.0 Å². The highest BCUT2D eigenvalue weighted by molar-refractivity contribution is 7.99. The second-order valence-electron chi connectivity index (χ2n) is 7.90. The molecule has 2 heterocycles. The summed E-state index contributed by atoms with van der Waals surface area (Å²) in [6, 6.07) is 0.731. The van der Waals surface area contributed by atoms with Gasteiger partial charge in [-0.3, -0.25) is 4.90 Å². The lowest BCUT2D eigenvalue weighted by atomic mass is 9.79. The molecule has 1 saturated carbocycles. The van der Waals surface area contributed by atoms with Crippen LogP contribution in [0.25, 0.3) is 0 Å². The number of rotatable bonds is 4. The Bertz CT molecular complexity index is 337. The first-order valence-corrected chi connectivity index (χ1v) is 10.6. The summed E-state index contributed by atoms with van der Waals surface area (Å²) in [5, 5.41) is 4.02. The smallest absolute Gasteiger partial charge is 0.0334 e. The van der Waals surface area contributed by atoms with Crippen LogP contribution in [0, 0.1) is 5.92 Å². The van der Waals surface area contributed by atoms with E-state index in [2.05, 4.69) is 40.8 Å². The van der Waals surface area contributed by atoms with Gasteiger partial charge in [-0.15, -0.1) is 0 Å². The molecule has 0 aromatic carbocycles. The summed E-state index contributed by atoms with van der Waals surface area (Å²) in [4.78, 5) is 5.34. The summed E-state index contributed by atoms with van der Waals surface area (Å²) in [6.45, 7) is 8.81. The highest BCUT2D eigenvalue weighted by atomic mass is 32.2. The first-order valence-electron chi connectivity index (χ1n) is 9.44. The molecular formula is C18H35N3S. The van der Waals surface area contributed by atoms with Crippen LogP contribution in [0.15, 0.2) is 0 Å². The number of hydrogen-bond donors (Lipinski definition) is 1. The molecule has 0 amide bonds. The van der Waals surface area contributed by atoms with Crippen LogP contribution in [0.4, 0.5) is 0 Å². The van der Waals surface area contributed by atoms with Crippen LogP contribution in [0.3, 0.4) is 0 Å². The Labute approximate surface area is 141 Å². The lowest BCUT2D eigenvalue weighted by Crippen LogP contribution is -2.60. The van der Waals surface area contributed by atoms with Crippen molar-refractivity contribution in [2.24, 2.45) is 5.92 Å². The lowest BCUT2D eigenvalue weighted by Gasteiger charge is -2.49. The number of nitrogens with zero attached hydrogens (tertiary/aromatic N) is 2. The minimum atomic E-state index is 0.475. The Morgan fingerprint density at radius 2 is 1.82 bits per heavy atom. The molecule has 4 heteroatoms. The van der Waals surface area contributed by atoms with Crippen LogP contribution < -0.4 is 5.32 Å². The molecule has 1 aliphatic carbocycles. The van der Waals surface area contributed by atoms with Crippen LogP contribution in [0.5, 0.6) is 0 Å². The van der Waals surface area contributed by atoms with Gasteiger partial charge in [0.2, 0.25) is 0 Å². The molecule has 0 aromatic heterocycles. The fraction of sp³-hybridized carbons (Fsp3) is 1.00. The van der Waals surface area contributed by atoms with Gasteiger partial charge in [0.1, 0.15) is 0 Å². The highest BCUT2D eigenvalue weighted by Crippen LogP contribution is 2.35. The first kappa shape index (κ1) is 17.1. The van der Waals surface area contributed by atoms with Gasteiger partial charge in [0.05, 0.1) is 0 Å². The Kier molecular flexibility index (Phi) is 6.10. The predicted octanol–water partition coefficient (Wildman–Crippen LogP) is 2.67. The van der Waals surface area contributed by atoms with Gasteiger partial charge in [-0.1, -0.05) is 26.2 Å². The van der Waals surface area contributed by atoms with Gasteiger partial charge >= 0.3 is 0 Å². The summed E-state index contributed by atoms with van der Waals surface area (Å²) in [5.41, 5.74) is 0.475. The van der Waals surface area contributed by atoms with Crippen molar-refractivity contribution in [1.82, 2.24) is 15.1 Å². The van der Waals surface area contributed by atoms with E-state index < -0.39 is 0 Å². The van der Waals surface area contributed by atoms with Crippen LogP contribution in [0.1, 0.15) is 45.4 Å². The topological polar surface area (TPSA) is 18.5 Å². The van der Waals surface area contributed by atoms with E-state index in [1.165, 1.54) is 82.8 Å². The average molecular weight is 326 g/mol. The van der Waals surface area contributed by atoms with Gasteiger partial charge in [0, 0.05) is 49.3 Å². The molecule has 2 aliphatic heterocycles. The van der Waals surface area contributed by atoms with Crippen LogP contribution in [-0.4, -0.2) is 72.7 Å². The molecule has 3 rings (SSSR count). The normalized spacial score (nSPS) is 34.6. The molecule has 22 heavy (non-hydrogen) atoms. The molecule has 0 aromatic rings. The number of thioether (sulfide) groups is 1. The number of piperidine rings is 1. The number of nitrogens with one attached hydrogen (secondary N) is 1. The first-order chi connectivity index (χ1) is 10.7. The van der Waals surface area contributed by atoms with E-state index in [1.807, 2.05) is 0 Å². The zero-order valence-electron chi connectivity index (χ0n) is 14.6. The molecule has 0 bridgehead atoms.